The molecule has 15 nitrogen and oxygen atoms in total. The van der Waals surface area contributed by atoms with Crippen molar-refractivity contribution >= 4 is 10.0 Å². The molecule has 0 aliphatic carbocycles. The van der Waals surface area contributed by atoms with E-state index in [0.717, 1.165) is 12.8 Å². The van der Waals surface area contributed by atoms with Crippen molar-refractivity contribution in [3.63, 3.8) is 0 Å². The molecule has 1 fully saturated rings. The molecule has 46 heavy (non-hydrogen) atoms. The lowest BCUT2D eigenvalue weighted by Crippen LogP contribution is -2.56. The maximum Gasteiger partial charge on any atom is 0.238 e. The fourth-order valence-corrected chi connectivity index (χ4v) is 5.73. The van der Waals surface area contributed by atoms with Crippen LogP contribution in [-0.4, -0.2) is 91.4 Å². The van der Waals surface area contributed by atoms with Gasteiger partial charge in [-0.05, 0) is 30.7 Å². The summed E-state index contributed by atoms with van der Waals surface area (Å²) in [6.07, 6.45) is 9.24. The molecule has 0 radical (unpaired) electrons. The van der Waals surface area contributed by atoms with Crippen LogP contribution in [-0.2, 0) is 37.4 Å². The van der Waals surface area contributed by atoms with Crippen LogP contribution in [0.5, 0.6) is 0 Å². The van der Waals surface area contributed by atoms with Crippen LogP contribution in [0, 0.1) is 0 Å². The summed E-state index contributed by atoms with van der Waals surface area (Å²) >= 11 is 0. The first-order valence-corrected chi connectivity index (χ1v) is 17.5. The summed E-state index contributed by atoms with van der Waals surface area (Å²) in [4.78, 5) is -0.0217. The fourth-order valence-electron chi connectivity index (χ4n) is 5.22. The lowest BCUT2D eigenvalue weighted by Gasteiger charge is -2.40. The van der Waals surface area contributed by atoms with Gasteiger partial charge < -0.3 is 29.5 Å². The van der Waals surface area contributed by atoms with Gasteiger partial charge in [0.05, 0.1) is 42.8 Å². The number of ether oxygens (including phenoxy) is 3. The second-order valence-corrected chi connectivity index (χ2v) is 13.2. The molecule has 0 bridgehead atoms. The molecule has 0 amide bonds. The number of aliphatic hydroxyl groups is 3. The zero-order valence-electron chi connectivity index (χ0n) is 26.3. The molecule has 1 aliphatic heterocycles. The number of sulfonamides is 1. The number of nitrogens with two attached hydrogens (primary N) is 1. The Kier molecular flexibility index (Phi) is 14.0. The summed E-state index contributed by atoms with van der Waals surface area (Å²) in [7, 11) is -3.81. The van der Waals surface area contributed by atoms with Crippen molar-refractivity contribution in [3.8, 4) is 5.69 Å². The smallest absolute Gasteiger partial charge is 0.238 e. The largest absolute Gasteiger partial charge is 0.387 e. The fraction of sp³-hybridized carbons (Fsp3) is 0.667. The molecule has 1 saturated heterocycles. The molecule has 3 heterocycles. The number of primary sulfonamides is 1. The lowest BCUT2D eigenvalue weighted by atomic mass is 9.98. The molecule has 1 aromatic carbocycles. The maximum absolute atomic E-state index is 11.5. The predicted molar refractivity (Wildman–Crippen MR) is 166 cm³/mol. The van der Waals surface area contributed by atoms with Crippen molar-refractivity contribution in [1.29, 1.82) is 0 Å². The third-order valence-corrected chi connectivity index (χ3v) is 8.83. The van der Waals surface area contributed by atoms with E-state index in [1.54, 1.807) is 24.5 Å². The number of hydrogen-bond acceptors (Lipinski definition) is 12. The molecule has 5 atom stereocenters. The first-order valence-electron chi connectivity index (χ1n) is 16.0. The molecule has 16 heteroatoms. The van der Waals surface area contributed by atoms with Gasteiger partial charge in [0, 0.05) is 6.61 Å². The third-order valence-electron chi connectivity index (χ3n) is 7.90. The molecule has 4 rings (SSSR count). The topological polar surface area (TPSA) is 210 Å². The molecule has 0 saturated carbocycles. The minimum absolute atomic E-state index is 0.00895. The predicted octanol–water partition coefficient (Wildman–Crippen LogP) is 2.14. The zero-order valence-corrected chi connectivity index (χ0v) is 27.1. The highest BCUT2D eigenvalue weighted by molar-refractivity contribution is 7.89. The second kappa shape index (κ2) is 17.9. The highest BCUT2D eigenvalue weighted by atomic mass is 32.2. The standard InChI is InChI=1S/C30H47N7O8S/c1-2-3-4-5-6-7-8-9-10-11-16-43-19-23-18-37(35-33-23)30-29(40)28(39)27(38)26(45-30)21-44-20-22-17-36(34-32-22)24-12-14-25(15-13-24)46(31,41)42/h12-15,17-18,26-30,38-40H,2-11,16,19-21H2,1H3,(H2,31,41,42)/t26-,27-,28+,29-,30-/m1/s1. The average molecular weight is 666 g/mol. The quantitative estimate of drug-likeness (QED) is 0.128. The molecule has 0 spiro atoms. The normalized spacial score (nSPS) is 22.0. The Bertz CT molecular complexity index is 1420. The number of benzene rings is 1. The number of unbranched alkanes of at least 4 members (excludes halogenated alkanes) is 9. The minimum Gasteiger partial charge on any atom is -0.387 e. The van der Waals surface area contributed by atoms with Gasteiger partial charge >= 0.3 is 0 Å². The molecule has 5 N–H and O–H groups in total. The van der Waals surface area contributed by atoms with Crippen molar-refractivity contribution in [2.45, 2.75) is 120 Å². The summed E-state index contributed by atoms with van der Waals surface area (Å²) in [5, 5.41) is 53.0. The van der Waals surface area contributed by atoms with Gasteiger partial charge in [0.25, 0.3) is 0 Å². The molecule has 256 valence electrons. The van der Waals surface area contributed by atoms with Crippen LogP contribution in [0.4, 0.5) is 0 Å². The Morgan fingerprint density at radius 1 is 0.804 bits per heavy atom. The number of rotatable bonds is 20. The van der Waals surface area contributed by atoms with Gasteiger partial charge in [-0.25, -0.2) is 22.9 Å². The van der Waals surface area contributed by atoms with Crippen LogP contribution in [0.2, 0.25) is 0 Å². The summed E-state index contributed by atoms with van der Waals surface area (Å²) < 4.78 is 43.0. The van der Waals surface area contributed by atoms with E-state index >= 15 is 0 Å². The number of aromatic nitrogens is 6. The number of hydrogen-bond donors (Lipinski definition) is 4. The first-order chi connectivity index (χ1) is 22.2. The van der Waals surface area contributed by atoms with E-state index < -0.39 is 40.7 Å². The Balaban J connectivity index is 1.18. The van der Waals surface area contributed by atoms with E-state index in [-0.39, 0.29) is 24.7 Å². The highest BCUT2D eigenvalue weighted by Gasteiger charge is 2.45. The van der Waals surface area contributed by atoms with Crippen LogP contribution in [0.3, 0.4) is 0 Å². The van der Waals surface area contributed by atoms with Gasteiger partial charge in [0.1, 0.15) is 35.8 Å². The van der Waals surface area contributed by atoms with Crippen molar-refractivity contribution in [2.75, 3.05) is 13.2 Å². The van der Waals surface area contributed by atoms with Gasteiger partial charge in [0.15, 0.2) is 6.23 Å². The molecular formula is C30H47N7O8S. The van der Waals surface area contributed by atoms with Gasteiger partial charge in [0.2, 0.25) is 10.0 Å². The van der Waals surface area contributed by atoms with Crippen molar-refractivity contribution in [2.24, 2.45) is 5.14 Å². The van der Waals surface area contributed by atoms with Gasteiger partial charge in [-0.15, -0.1) is 10.2 Å². The molecule has 2 aromatic heterocycles. The summed E-state index contributed by atoms with van der Waals surface area (Å²) in [6.45, 7) is 3.00. The van der Waals surface area contributed by atoms with E-state index in [9.17, 15) is 23.7 Å². The Morgan fingerprint density at radius 3 is 2.09 bits per heavy atom. The first kappa shape index (κ1) is 36.0. The second-order valence-electron chi connectivity index (χ2n) is 11.7. The minimum atomic E-state index is -3.81. The Hall–Kier alpha value is -2.83. The van der Waals surface area contributed by atoms with Crippen LogP contribution in [0.15, 0.2) is 41.6 Å². The highest BCUT2D eigenvalue weighted by Crippen LogP contribution is 2.28. The summed E-state index contributed by atoms with van der Waals surface area (Å²) in [5.74, 6) is 0. The lowest BCUT2D eigenvalue weighted by molar-refractivity contribution is -0.257. The third kappa shape index (κ3) is 10.6. The van der Waals surface area contributed by atoms with E-state index in [0.29, 0.717) is 23.7 Å². The number of nitrogens with zero attached hydrogens (tertiary/aromatic N) is 6. The van der Waals surface area contributed by atoms with E-state index in [4.69, 9.17) is 19.3 Å². The van der Waals surface area contributed by atoms with Crippen molar-refractivity contribution in [3.05, 3.63) is 48.0 Å². The Labute approximate surface area is 269 Å². The van der Waals surface area contributed by atoms with Gasteiger partial charge in [-0.2, -0.15) is 0 Å². The molecule has 1 aliphatic rings. The van der Waals surface area contributed by atoms with E-state index in [1.807, 2.05) is 0 Å². The van der Waals surface area contributed by atoms with E-state index in [1.165, 1.54) is 72.9 Å². The van der Waals surface area contributed by atoms with Gasteiger partial charge in [-0.1, -0.05) is 75.1 Å². The van der Waals surface area contributed by atoms with Crippen LogP contribution >= 0.6 is 0 Å². The zero-order chi connectivity index (χ0) is 32.9. The van der Waals surface area contributed by atoms with Crippen LogP contribution in [0.1, 0.15) is 88.7 Å². The molecule has 3 aromatic rings. The SMILES string of the molecule is CCCCCCCCCCCCOCc1cn([C@@H]2O[C@H](COCc3cn(-c4ccc(S(N)(=O)=O)cc4)nn3)[C@@H](O)[C@H](O)[C@H]2O)nn1. The monoisotopic (exact) mass is 665 g/mol. The van der Waals surface area contributed by atoms with Crippen LogP contribution in [0.25, 0.3) is 5.69 Å². The number of aliphatic hydroxyl groups excluding tert-OH is 3. The van der Waals surface area contributed by atoms with Crippen molar-refractivity contribution in [1.82, 2.24) is 30.0 Å². The van der Waals surface area contributed by atoms with Crippen molar-refractivity contribution < 1.29 is 37.9 Å². The van der Waals surface area contributed by atoms with E-state index in [2.05, 4.69) is 27.5 Å². The van der Waals surface area contributed by atoms with Gasteiger partial charge in [-0.3, -0.25) is 0 Å². The van der Waals surface area contributed by atoms with Crippen LogP contribution < -0.4 is 5.14 Å². The molecule has 0 unspecified atom stereocenters. The summed E-state index contributed by atoms with van der Waals surface area (Å²) in [5.41, 5.74) is 1.57. The summed E-state index contributed by atoms with van der Waals surface area (Å²) in [6, 6.07) is 5.81. The average Bonchev–Trinajstić information content (AvgIpc) is 3.71. The Morgan fingerprint density at radius 2 is 1.41 bits per heavy atom. The molecular weight excluding hydrogens is 618 g/mol. The maximum atomic E-state index is 11.5.